The summed E-state index contributed by atoms with van der Waals surface area (Å²) in [6, 6.07) is 0. The molecule has 0 bridgehead atoms. The smallest absolute Gasteiger partial charge is 0.237 e. The Morgan fingerprint density at radius 3 is 2.62 bits per heavy atom. The molecule has 1 N–H and O–H groups in total. The third kappa shape index (κ3) is 7.19. The molecular weight excluding hydrogens is 228 g/mol. The lowest BCUT2D eigenvalue weighted by Crippen LogP contribution is -2.32. The summed E-state index contributed by atoms with van der Waals surface area (Å²) in [5.74, 6) is 0.238. The molecule has 0 fully saturated rings. The summed E-state index contributed by atoms with van der Waals surface area (Å²) in [4.78, 5) is 4.07. The largest absolute Gasteiger partial charge is 0.383 e. The summed E-state index contributed by atoms with van der Waals surface area (Å²) in [5.41, 5.74) is 0. The molecule has 0 aromatic carbocycles. The Bertz CT molecular complexity index is 347. The van der Waals surface area contributed by atoms with Crippen LogP contribution in [0.1, 0.15) is 6.42 Å². The molecule has 0 spiro atoms. The van der Waals surface area contributed by atoms with Crippen LogP contribution in [0.3, 0.4) is 0 Å². The predicted octanol–water partition coefficient (Wildman–Crippen LogP) is 0.713. The fourth-order valence-corrected chi connectivity index (χ4v) is 1.82. The van der Waals surface area contributed by atoms with Crippen molar-refractivity contribution in [3.8, 4) is 0 Å². The molecule has 0 radical (unpaired) electrons. The first-order valence-corrected chi connectivity index (χ1v) is 6.45. The lowest BCUT2D eigenvalue weighted by Gasteiger charge is -2.07. The third-order valence-electron chi connectivity index (χ3n) is 1.55. The van der Waals surface area contributed by atoms with Gasteiger partial charge in [0.2, 0.25) is 10.0 Å². The van der Waals surface area contributed by atoms with Crippen LogP contribution in [0.4, 0.5) is 0 Å². The van der Waals surface area contributed by atoms with E-state index in [4.69, 9.17) is 4.74 Å². The third-order valence-corrected chi connectivity index (χ3v) is 2.77. The van der Waals surface area contributed by atoms with Crippen LogP contribution in [0.15, 0.2) is 30.3 Å². The second-order valence-corrected chi connectivity index (χ2v) is 4.75. The molecule has 0 aromatic heterocycles. The van der Waals surface area contributed by atoms with Crippen LogP contribution >= 0.6 is 0 Å². The van der Waals surface area contributed by atoms with Gasteiger partial charge in [-0.05, 0) is 0 Å². The van der Waals surface area contributed by atoms with Gasteiger partial charge in [-0.3, -0.25) is 9.71 Å². The van der Waals surface area contributed by atoms with Crippen LogP contribution < -0.4 is 4.72 Å². The van der Waals surface area contributed by atoms with Gasteiger partial charge in [0.15, 0.2) is 0 Å². The molecule has 6 heteroatoms. The van der Waals surface area contributed by atoms with Gasteiger partial charge in [0.1, 0.15) is 5.84 Å². The molecule has 5 nitrogen and oxygen atoms in total. The van der Waals surface area contributed by atoms with Crippen LogP contribution in [0.25, 0.3) is 0 Å². The molecule has 0 saturated heterocycles. The van der Waals surface area contributed by atoms with E-state index in [-0.39, 0.29) is 5.75 Å². The highest BCUT2D eigenvalue weighted by molar-refractivity contribution is 7.90. The number of nitrogens with zero attached hydrogens (tertiary/aromatic N) is 1. The fourth-order valence-electron chi connectivity index (χ4n) is 0.923. The summed E-state index contributed by atoms with van der Waals surface area (Å²) < 4.78 is 30.0. The number of hydrogen-bond donors (Lipinski definition) is 1. The monoisotopic (exact) mass is 246 g/mol. The average Bonchev–Trinajstić information content (AvgIpc) is 2.17. The average molecular weight is 246 g/mol. The van der Waals surface area contributed by atoms with Crippen molar-refractivity contribution in [3.63, 3.8) is 0 Å². The van der Waals surface area contributed by atoms with Crippen molar-refractivity contribution in [1.29, 1.82) is 0 Å². The van der Waals surface area contributed by atoms with Crippen LogP contribution in [-0.2, 0) is 14.8 Å². The number of amidine groups is 1. The molecule has 0 aromatic rings. The van der Waals surface area contributed by atoms with E-state index in [0.717, 1.165) is 0 Å². The molecule has 0 saturated carbocycles. The highest BCUT2D eigenvalue weighted by Gasteiger charge is 2.09. The van der Waals surface area contributed by atoms with Gasteiger partial charge in [-0.1, -0.05) is 12.2 Å². The Labute approximate surface area is 97.0 Å². The first-order chi connectivity index (χ1) is 7.55. The highest BCUT2D eigenvalue weighted by Crippen LogP contribution is 1.92. The van der Waals surface area contributed by atoms with Gasteiger partial charge >= 0.3 is 0 Å². The molecule has 0 heterocycles. The van der Waals surface area contributed by atoms with Crippen LogP contribution in [-0.4, -0.2) is 40.3 Å². The van der Waals surface area contributed by atoms with Crippen molar-refractivity contribution < 1.29 is 13.2 Å². The zero-order valence-corrected chi connectivity index (χ0v) is 10.3. The maximum absolute atomic E-state index is 11.4. The van der Waals surface area contributed by atoms with Crippen molar-refractivity contribution in [2.75, 3.05) is 26.0 Å². The number of rotatable bonds is 8. The minimum atomic E-state index is -3.38. The van der Waals surface area contributed by atoms with E-state index < -0.39 is 10.0 Å². The maximum Gasteiger partial charge on any atom is 0.237 e. The van der Waals surface area contributed by atoms with Crippen LogP contribution in [0.5, 0.6) is 0 Å². The van der Waals surface area contributed by atoms with E-state index in [1.807, 2.05) is 0 Å². The van der Waals surface area contributed by atoms with Gasteiger partial charge in [0.05, 0.1) is 18.9 Å². The standard InChI is InChI=1S/C10H18N2O3S/c1-4-6-10(11-7-8-15-3)12-16(13,14)9-5-2/h4-5H,1-2,6-9H2,3H3,(H,11,12). The van der Waals surface area contributed by atoms with Crippen LogP contribution in [0.2, 0.25) is 0 Å². The number of ether oxygens (including phenoxy) is 1. The summed E-state index contributed by atoms with van der Waals surface area (Å²) in [6.07, 6.45) is 3.28. The van der Waals surface area contributed by atoms with Crippen molar-refractivity contribution in [1.82, 2.24) is 4.72 Å². The van der Waals surface area contributed by atoms with Crippen molar-refractivity contribution in [3.05, 3.63) is 25.3 Å². The van der Waals surface area contributed by atoms with Crippen molar-refractivity contribution in [2.24, 2.45) is 4.99 Å². The molecule has 0 atom stereocenters. The highest BCUT2D eigenvalue weighted by atomic mass is 32.2. The minimum absolute atomic E-state index is 0.132. The molecule has 0 rings (SSSR count). The summed E-state index contributed by atoms with van der Waals surface area (Å²) in [6.45, 7) is 7.77. The van der Waals surface area contributed by atoms with Gasteiger partial charge < -0.3 is 4.74 Å². The molecule has 0 aliphatic carbocycles. The Morgan fingerprint density at radius 2 is 2.12 bits per heavy atom. The van der Waals surface area contributed by atoms with Gasteiger partial charge in [-0.25, -0.2) is 8.42 Å². The maximum atomic E-state index is 11.4. The van der Waals surface area contributed by atoms with Gasteiger partial charge in [-0.15, -0.1) is 13.2 Å². The number of nitrogens with one attached hydrogen (secondary N) is 1. The number of sulfonamides is 1. The normalized spacial score (nSPS) is 12.2. The van der Waals surface area contributed by atoms with E-state index in [2.05, 4.69) is 22.9 Å². The zero-order valence-electron chi connectivity index (χ0n) is 9.48. The Kier molecular flexibility index (Phi) is 7.49. The van der Waals surface area contributed by atoms with Gasteiger partial charge in [-0.2, -0.15) is 0 Å². The Morgan fingerprint density at radius 1 is 1.44 bits per heavy atom. The van der Waals surface area contributed by atoms with Gasteiger partial charge in [0.25, 0.3) is 0 Å². The first kappa shape index (κ1) is 14.9. The SMILES string of the molecule is C=CCC(=NCCOC)NS(=O)(=O)CC=C. The molecule has 0 unspecified atom stereocenters. The summed E-state index contributed by atoms with van der Waals surface area (Å²) in [7, 11) is -1.82. The van der Waals surface area contributed by atoms with E-state index in [0.29, 0.717) is 25.4 Å². The lowest BCUT2D eigenvalue weighted by atomic mass is 10.4. The zero-order chi connectivity index (χ0) is 12.4. The Hall–Kier alpha value is -1.14. The molecule has 16 heavy (non-hydrogen) atoms. The molecular formula is C10H18N2O3S. The second kappa shape index (κ2) is 8.06. The molecule has 0 amide bonds. The number of methoxy groups -OCH3 is 1. The van der Waals surface area contributed by atoms with Crippen molar-refractivity contribution >= 4 is 15.9 Å². The van der Waals surface area contributed by atoms with E-state index in [9.17, 15) is 8.42 Å². The Balaban J connectivity index is 4.48. The van der Waals surface area contributed by atoms with Crippen molar-refractivity contribution in [2.45, 2.75) is 6.42 Å². The number of aliphatic imine (C=N–C) groups is 1. The molecule has 0 aliphatic heterocycles. The first-order valence-electron chi connectivity index (χ1n) is 4.80. The topological polar surface area (TPSA) is 67.8 Å². The molecule has 0 aliphatic rings. The molecule has 92 valence electrons. The second-order valence-electron chi connectivity index (χ2n) is 2.99. The fraction of sp³-hybridized carbons (Fsp3) is 0.500. The predicted molar refractivity (Wildman–Crippen MR) is 66.1 cm³/mol. The van der Waals surface area contributed by atoms with E-state index >= 15 is 0 Å². The minimum Gasteiger partial charge on any atom is -0.383 e. The summed E-state index contributed by atoms with van der Waals surface area (Å²) >= 11 is 0. The van der Waals surface area contributed by atoms with Crippen LogP contribution in [0, 0.1) is 0 Å². The quantitative estimate of drug-likeness (QED) is 0.297. The number of hydrogen-bond acceptors (Lipinski definition) is 4. The lowest BCUT2D eigenvalue weighted by molar-refractivity contribution is 0.208. The van der Waals surface area contributed by atoms with E-state index in [1.165, 1.54) is 6.08 Å². The van der Waals surface area contributed by atoms with E-state index in [1.54, 1.807) is 13.2 Å². The van der Waals surface area contributed by atoms with Gasteiger partial charge in [0, 0.05) is 13.5 Å². The summed E-state index contributed by atoms with van der Waals surface area (Å²) in [5, 5.41) is 0.